The van der Waals surface area contributed by atoms with Crippen molar-refractivity contribution in [2.24, 2.45) is 0 Å². The number of nitrogens with zero attached hydrogens (tertiary/aromatic N) is 6. The molecule has 5 rings (SSSR count). The molecule has 178 valence electrons. The molecule has 0 N–H and O–H groups in total. The maximum atomic E-state index is 12.8. The summed E-state index contributed by atoms with van der Waals surface area (Å²) in [6.45, 7) is 3.98. The van der Waals surface area contributed by atoms with Gasteiger partial charge < -0.3 is 9.80 Å². The molecule has 0 aliphatic carbocycles. The predicted octanol–water partition coefficient (Wildman–Crippen LogP) is 2.63. The summed E-state index contributed by atoms with van der Waals surface area (Å²) in [6, 6.07) is 7.52. The monoisotopic (exact) mass is 490 g/mol. The van der Waals surface area contributed by atoms with Gasteiger partial charge in [0.1, 0.15) is 5.69 Å². The fourth-order valence-corrected chi connectivity index (χ4v) is 4.71. The first-order chi connectivity index (χ1) is 16.3. The van der Waals surface area contributed by atoms with E-state index in [0.717, 1.165) is 23.8 Å². The molecule has 0 atom stereocenters. The van der Waals surface area contributed by atoms with Gasteiger partial charge in [-0.3, -0.25) is 14.5 Å². The number of thiazole rings is 1. The second-order valence-corrected chi connectivity index (χ2v) is 8.97. The standard InChI is InChI=1S/C22H21F3N6O2S/c23-22(24,25)19-5-6-31(27-19)16-3-1-15(2-4-16)20(32)30-11-17(12-30)28-7-9-29(10-8-28)21(33)18-13-34-14-26-18/h1-6,13-14,17H,7-12H2. The molecule has 0 saturated carbocycles. The van der Waals surface area contributed by atoms with Crippen molar-refractivity contribution in [2.75, 3.05) is 39.3 Å². The molecule has 2 aliphatic rings. The van der Waals surface area contributed by atoms with E-state index in [1.165, 1.54) is 17.5 Å². The number of hydrogen-bond acceptors (Lipinski definition) is 6. The number of carbonyl (C=O) groups is 2. The summed E-state index contributed by atoms with van der Waals surface area (Å²) in [6.07, 6.45) is -3.26. The van der Waals surface area contributed by atoms with Gasteiger partial charge in [0.2, 0.25) is 0 Å². The van der Waals surface area contributed by atoms with Gasteiger partial charge in [-0.05, 0) is 30.3 Å². The molecular formula is C22H21F3N6O2S. The third kappa shape index (κ3) is 4.42. The van der Waals surface area contributed by atoms with E-state index in [2.05, 4.69) is 15.0 Å². The van der Waals surface area contributed by atoms with Crippen molar-refractivity contribution in [2.45, 2.75) is 12.2 Å². The van der Waals surface area contributed by atoms with Crippen molar-refractivity contribution in [1.29, 1.82) is 0 Å². The number of likely N-dealkylation sites (tertiary alicyclic amines) is 1. The average Bonchev–Trinajstić information content (AvgIpc) is 3.50. The third-order valence-corrected chi connectivity index (χ3v) is 6.76. The number of benzene rings is 1. The van der Waals surface area contributed by atoms with Crippen LogP contribution in [-0.4, -0.2) is 86.6 Å². The second kappa shape index (κ2) is 8.84. The summed E-state index contributed by atoms with van der Waals surface area (Å²) in [4.78, 5) is 35.2. The molecule has 0 bridgehead atoms. The summed E-state index contributed by atoms with van der Waals surface area (Å²) >= 11 is 1.40. The predicted molar refractivity (Wildman–Crippen MR) is 118 cm³/mol. The molecule has 0 spiro atoms. The number of hydrogen-bond donors (Lipinski definition) is 0. The lowest BCUT2D eigenvalue weighted by Gasteiger charge is -2.48. The Labute approximate surface area is 197 Å². The highest BCUT2D eigenvalue weighted by molar-refractivity contribution is 7.07. The van der Waals surface area contributed by atoms with E-state index in [0.29, 0.717) is 43.1 Å². The van der Waals surface area contributed by atoms with Crippen molar-refractivity contribution < 1.29 is 22.8 Å². The topological polar surface area (TPSA) is 74.6 Å². The Morgan fingerprint density at radius 3 is 2.24 bits per heavy atom. The molecule has 2 amide bonds. The Bertz CT molecular complexity index is 1160. The molecule has 34 heavy (non-hydrogen) atoms. The molecule has 0 radical (unpaired) electrons. The van der Waals surface area contributed by atoms with Gasteiger partial charge in [0.05, 0.1) is 11.2 Å². The van der Waals surface area contributed by atoms with Crippen LogP contribution in [0.25, 0.3) is 5.69 Å². The lowest BCUT2D eigenvalue weighted by Crippen LogP contribution is -2.64. The highest BCUT2D eigenvalue weighted by Gasteiger charge is 2.37. The minimum atomic E-state index is -4.50. The van der Waals surface area contributed by atoms with E-state index in [1.807, 2.05) is 4.90 Å². The van der Waals surface area contributed by atoms with Gasteiger partial charge in [-0.15, -0.1) is 11.3 Å². The summed E-state index contributed by atoms with van der Waals surface area (Å²) in [5.74, 6) is -0.156. The Morgan fingerprint density at radius 1 is 0.941 bits per heavy atom. The van der Waals surface area contributed by atoms with Crippen LogP contribution in [0, 0.1) is 0 Å². The molecule has 2 saturated heterocycles. The lowest BCUT2D eigenvalue weighted by atomic mass is 10.0. The highest BCUT2D eigenvalue weighted by Crippen LogP contribution is 2.28. The number of halogens is 3. The summed E-state index contributed by atoms with van der Waals surface area (Å²) in [7, 11) is 0. The van der Waals surface area contributed by atoms with Crippen molar-refractivity contribution in [3.8, 4) is 5.69 Å². The zero-order chi connectivity index (χ0) is 23.9. The maximum Gasteiger partial charge on any atom is 0.435 e. The summed E-state index contributed by atoms with van der Waals surface area (Å²) in [5.41, 5.74) is 2.09. The Morgan fingerprint density at radius 2 is 1.65 bits per heavy atom. The first-order valence-corrected chi connectivity index (χ1v) is 11.7. The van der Waals surface area contributed by atoms with Gasteiger partial charge in [0.15, 0.2) is 5.69 Å². The smallest absolute Gasteiger partial charge is 0.335 e. The number of rotatable bonds is 4. The van der Waals surface area contributed by atoms with Gasteiger partial charge in [0, 0.05) is 62.5 Å². The van der Waals surface area contributed by atoms with E-state index in [4.69, 9.17) is 0 Å². The first-order valence-electron chi connectivity index (χ1n) is 10.7. The second-order valence-electron chi connectivity index (χ2n) is 8.26. The Kier molecular flexibility index (Phi) is 5.86. The molecular weight excluding hydrogens is 469 g/mol. The van der Waals surface area contributed by atoms with E-state index < -0.39 is 11.9 Å². The number of carbonyl (C=O) groups excluding carboxylic acids is 2. The zero-order valence-electron chi connectivity index (χ0n) is 18.0. The molecule has 2 aromatic heterocycles. The van der Waals surface area contributed by atoms with Gasteiger partial charge in [-0.1, -0.05) is 0 Å². The highest BCUT2D eigenvalue weighted by atomic mass is 32.1. The molecule has 4 heterocycles. The van der Waals surface area contributed by atoms with Crippen molar-refractivity contribution in [3.05, 3.63) is 64.4 Å². The van der Waals surface area contributed by atoms with Crippen molar-refractivity contribution in [3.63, 3.8) is 0 Å². The van der Waals surface area contributed by atoms with Crippen molar-refractivity contribution >= 4 is 23.2 Å². The number of amides is 2. The quantitative estimate of drug-likeness (QED) is 0.562. The van der Waals surface area contributed by atoms with Gasteiger partial charge in [-0.25, -0.2) is 9.67 Å². The largest absolute Gasteiger partial charge is 0.435 e. The molecule has 8 nitrogen and oxygen atoms in total. The van der Waals surface area contributed by atoms with Crippen LogP contribution in [0.1, 0.15) is 26.5 Å². The Balaban J connectivity index is 1.12. The normalized spacial score (nSPS) is 17.6. The van der Waals surface area contributed by atoms with Gasteiger partial charge in [-0.2, -0.15) is 18.3 Å². The minimum Gasteiger partial charge on any atom is -0.335 e. The summed E-state index contributed by atoms with van der Waals surface area (Å²) in [5, 5.41) is 5.30. The maximum absolute atomic E-state index is 12.8. The van der Waals surface area contributed by atoms with Gasteiger partial charge in [0.25, 0.3) is 11.8 Å². The molecule has 0 unspecified atom stereocenters. The van der Waals surface area contributed by atoms with Crippen LogP contribution in [0.5, 0.6) is 0 Å². The fraction of sp³-hybridized carbons (Fsp3) is 0.364. The van der Waals surface area contributed by atoms with E-state index in [-0.39, 0.29) is 17.9 Å². The number of aromatic nitrogens is 3. The van der Waals surface area contributed by atoms with E-state index in [1.54, 1.807) is 40.1 Å². The third-order valence-electron chi connectivity index (χ3n) is 6.18. The van der Waals surface area contributed by atoms with Gasteiger partial charge >= 0.3 is 6.18 Å². The summed E-state index contributed by atoms with van der Waals surface area (Å²) < 4.78 is 39.4. The van der Waals surface area contributed by atoms with E-state index in [9.17, 15) is 22.8 Å². The first kappa shape index (κ1) is 22.5. The molecule has 1 aromatic carbocycles. The molecule has 2 fully saturated rings. The Hall–Kier alpha value is -3.25. The van der Waals surface area contributed by atoms with Crippen LogP contribution >= 0.6 is 11.3 Å². The van der Waals surface area contributed by atoms with Crippen LogP contribution < -0.4 is 0 Å². The van der Waals surface area contributed by atoms with Crippen LogP contribution in [0.15, 0.2) is 47.4 Å². The molecule has 3 aromatic rings. The average molecular weight is 491 g/mol. The fourth-order valence-electron chi connectivity index (χ4n) is 4.18. The molecule has 12 heteroatoms. The van der Waals surface area contributed by atoms with Crippen LogP contribution in [0.3, 0.4) is 0 Å². The van der Waals surface area contributed by atoms with Crippen LogP contribution in [-0.2, 0) is 6.18 Å². The zero-order valence-corrected chi connectivity index (χ0v) is 18.8. The van der Waals surface area contributed by atoms with Crippen LogP contribution in [0.2, 0.25) is 0 Å². The van der Waals surface area contributed by atoms with Crippen LogP contribution in [0.4, 0.5) is 13.2 Å². The molecule has 2 aliphatic heterocycles. The number of alkyl halides is 3. The van der Waals surface area contributed by atoms with Crippen molar-refractivity contribution in [1.82, 2.24) is 29.5 Å². The SMILES string of the molecule is O=C(c1ccc(-n2ccc(C(F)(F)F)n2)cc1)N1CC(N2CCN(C(=O)c3cscn3)CC2)C1. The number of piperazine rings is 1. The lowest BCUT2D eigenvalue weighted by molar-refractivity contribution is -0.141. The minimum absolute atomic E-state index is 0.0421. The van der Waals surface area contributed by atoms with E-state index >= 15 is 0 Å².